The van der Waals surface area contributed by atoms with Gasteiger partial charge in [-0.1, -0.05) is 24.3 Å². The van der Waals surface area contributed by atoms with E-state index in [-0.39, 0.29) is 35.5 Å². The number of hydrogen-bond acceptors (Lipinski definition) is 4. The van der Waals surface area contributed by atoms with E-state index in [1.54, 1.807) is 25.2 Å². The highest BCUT2D eigenvalue weighted by Gasteiger charge is 2.58. The van der Waals surface area contributed by atoms with Gasteiger partial charge in [-0.3, -0.25) is 24.3 Å². The molecule has 1 aromatic rings. The molecular weight excluding hydrogens is 370 g/mol. The molecule has 29 heavy (non-hydrogen) atoms. The molecule has 0 aromatic heterocycles. The van der Waals surface area contributed by atoms with E-state index in [2.05, 4.69) is 27.8 Å². The Hall–Kier alpha value is -3.16. The number of allylic oxidation sites excluding steroid dienone is 2. The van der Waals surface area contributed by atoms with Gasteiger partial charge in [-0.15, -0.1) is 0 Å². The highest BCUT2D eigenvalue weighted by atomic mass is 16.2. The topological polar surface area (TPSA) is 117 Å². The summed E-state index contributed by atoms with van der Waals surface area (Å²) in [5.41, 5.74) is 6.65. The number of nitrogens with two attached hydrogens (primary N) is 1. The van der Waals surface area contributed by atoms with Gasteiger partial charge < -0.3 is 16.4 Å². The van der Waals surface area contributed by atoms with Crippen molar-refractivity contribution in [3.8, 4) is 0 Å². The third-order valence-corrected chi connectivity index (χ3v) is 6.08. The number of amides is 3. The maximum atomic E-state index is 12.7. The van der Waals surface area contributed by atoms with E-state index >= 15 is 0 Å². The molecule has 4 rings (SSSR count). The monoisotopic (exact) mass is 395 g/mol. The van der Waals surface area contributed by atoms with Crippen molar-refractivity contribution in [1.82, 2.24) is 15.5 Å². The summed E-state index contributed by atoms with van der Waals surface area (Å²) in [5.74, 6) is 0.142. The third-order valence-electron chi connectivity index (χ3n) is 6.08. The van der Waals surface area contributed by atoms with Gasteiger partial charge in [0.1, 0.15) is 0 Å². The van der Waals surface area contributed by atoms with Gasteiger partial charge in [0.05, 0.1) is 11.8 Å². The lowest BCUT2D eigenvalue weighted by Crippen LogP contribution is -2.43. The second kappa shape index (κ2) is 7.69. The van der Waals surface area contributed by atoms with Gasteiger partial charge in [0.2, 0.25) is 17.7 Å². The molecule has 8 heteroatoms. The lowest BCUT2D eigenvalue weighted by molar-refractivity contribution is -0.140. The van der Waals surface area contributed by atoms with Crippen molar-refractivity contribution in [3.63, 3.8) is 0 Å². The van der Waals surface area contributed by atoms with E-state index in [9.17, 15) is 14.4 Å². The fourth-order valence-corrected chi connectivity index (χ4v) is 4.71. The molecule has 0 radical (unpaired) electrons. The minimum absolute atomic E-state index is 0.0372. The summed E-state index contributed by atoms with van der Waals surface area (Å²) in [6, 6.07) is 7.05. The number of aliphatic imine (C=N–C) groups is 1. The highest BCUT2D eigenvalue weighted by Crippen LogP contribution is 2.52. The first-order valence-electron chi connectivity index (χ1n) is 9.86. The predicted molar refractivity (Wildman–Crippen MR) is 108 cm³/mol. The van der Waals surface area contributed by atoms with E-state index in [4.69, 9.17) is 5.73 Å². The van der Waals surface area contributed by atoms with Crippen molar-refractivity contribution < 1.29 is 14.4 Å². The van der Waals surface area contributed by atoms with Crippen LogP contribution in [-0.4, -0.2) is 48.7 Å². The molecule has 3 amide bonds. The standard InChI is InChI=1S/C21H25N5O3/c1-23-21(25-11-12-3-2-4-15(9-12)18(22)27)24-7-8-26-19(28)16-13-5-6-14(10-13)17(16)20(26)29/h2-6,9,13-14,16-17H,7-8,10-11H2,1H3,(H2,22,27)(H2,23,24,25). The second-order valence-electron chi connectivity index (χ2n) is 7.75. The summed E-state index contributed by atoms with van der Waals surface area (Å²) in [4.78, 5) is 42.2. The molecule has 2 bridgehead atoms. The number of carbonyl (C=O) groups is 3. The van der Waals surface area contributed by atoms with Crippen LogP contribution in [0.2, 0.25) is 0 Å². The Balaban J connectivity index is 1.28. The Morgan fingerprint density at radius 2 is 1.86 bits per heavy atom. The summed E-state index contributed by atoms with van der Waals surface area (Å²) < 4.78 is 0. The maximum Gasteiger partial charge on any atom is 0.248 e. The molecule has 8 nitrogen and oxygen atoms in total. The van der Waals surface area contributed by atoms with Gasteiger partial charge >= 0.3 is 0 Å². The Labute approximate surface area is 169 Å². The van der Waals surface area contributed by atoms with Crippen LogP contribution in [0, 0.1) is 23.7 Å². The maximum absolute atomic E-state index is 12.7. The number of likely N-dealkylation sites (tertiary alicyclic amines) is 1. The molecule has 1 saturated heterocycles. The Morgan fingerprint density at radius 3 is 2.48 bits per heavy atom. The minimum Gasteiger partial charge on any atom is -0.366 e. The summed E-state index contributed by atoms with van der Waals surface area (Å²) in [6.45, 7) is 1.20. The summed E-state index contributed by atoms with van der Waals surface area (Å²) in [7, 11) is 1.65. The van der Waals surface area contributed by atoms with Gasteiger partial charge in [0.15, 0.2) is 5.96 Å². The Kier molecular flexibility index (Phi) is 5.08. The van der Waals surface area contributed by atoms with Crippen LogP contribution < -0.4 is 16.4 Å². The number of guanidine groups is 1. The van der Waals surface area contributed by atoms with Crippen LogP contribution in [0.4, 0.5) is 0 Å². The number of nitrogens with one attached hydrogen (secondary N) is 2. The fourth-order valence-electron chi connectivity index (χ4n) is 4.71. The van der Waals surface area contributed by atoms with Crippen LogP contribution in [-0.2, 0) is 16.1 Å². The molecule has 4 atom stereocenters. The van der Waals surface area contributed by atoms with Crippen molar-refractivity contribution >= 4 is 23.7 Å². The van der Waals surface area contributed by atoms with Crippen LogP contribution in [0.1, 0.15) is 22.3 Å². The number of fused-ring (bicyclic) bond motifs is 5. The molecule has 2 fully saturated rings. The van der Waals surface area contributed by atoms with Crippen LogP contribution in [0.3, 0.4) is 0 Å². The molecule has 4 unspecified atom stereocenters. The summed E-state index contributed by atoms with van der Waals surface area (Å²) in [6.07, 6.45) is 5.13. The molecule has 1 saturated carbocycles. The number of benzene rings is 1. The zero-order valence-electron chi connectivity index (χ0n) is 16.3. The lowest BCUT2D eigenvalue weighted by atomic mass is 9.85. The molecule has 0 spiro atoms. The fraction of sp³-hybridized carbons (Fsp3) is 0.429. The van der Waals surface area contributed by atoms with E-state index < -0.39 is 5.91 Å². The normalized spacial score (nSPS) is 27.5. The van der Waals surface area contributed by atoms with Gasteiger partial charge in [-0.05, 0) is 36.0 Å². The average Bonchev–Trinajstić information content (AvgIpc) is 3.40. The highest BCUT2D eigenvalue weighted by molar-refractivity contribution is 6.06. The molecule has 1 heterocycles. The molecule has 1 aromatic carbocycles. The van der Waals surface area contributed by atoms with E-state index in [0.29, 0.717) is 31.2 Å². The predicted octanol–water partition coefficient (Wildman–Crippen LogP) is 0.258. The van der Waals surface area contributed by atoms with E-state index in [1.165, 1.54) is 4.90 Å². The average molecular weight is 395 g/mol. The number of rotatable bonds is 6. The van der Waals surface area contributed by atoms with Crippen molar-refractivity contribution in [2.24, 2.45) is 34.4 Å². The van der Waals surface area contributed by atoms with E-state index in [0.717, 1.165) is 12.0 Å². The zero-order chi connectivity index (χ0) is 20.5. The SMILES string of the molecule is CN=C(NCCN1C(=O)C2C3C=CC(C3)C2C1=O)NCc1cccc(C(N)=O)c1. The molecular formula is C21H25N5O3. The first-order chi connectivity index (χ1) is 14.0. The van der Waals surface area contributed by atoms with Crippen LogP contribution in [0.15, 0.2) is 41.4 Å². The Bertz CT molecular complexity index is 879. The van der Waals surface area contributed by atoms with Crippen molar-refractivity contribution in [3.05, 3.63) is 47.5 Å². The minimum atomic E-state index is -0.470. The Morgan fingerprint density at radius 1 is 1.17 bits per heavy atom. The number of nitrogens with zero attached hydrogens (tertiary/aromatic N) is 2. The quantitative estimate of drug-likeness (QED) is 0.276. The van der Waals surface area contributed by atoms with Gasteiger partial charge in [0.25, 0.3) is 0 Å². The first-order valence-corrected chi connectivity index (χ1v) is 9.86. The molecule has 1 aliphatic heterocycles. The molecule has 152 valence electrons. The summed E-state index contributed by atoms with van der Waals surface area (Å²) in [5, 5.41) is 6.29. The van der Waals surface area contributed by atoms with Crippen molar-refractivity contribution in [2.75, 3.05) is 20.1 Å². The smallest absolute Gasteiger partial charge is 0.248 e. The molecule has 3 aliphatic rings. The molecule has 2 aliphatic carbocycles. The number of carbonyl (C=O) groups excluding carboxylic acids is 3. The summed E-state index contributed by atoms with van der Waals surface area (Å²) >= 11 is 0. The first kappa shape index (κ1) is 19.2. The molecule has 4 N–H and O–H groups in total. The number of primary amides is 1. The van der Waals surface area contributed by atoms with Crippen molar-refractivity contribution in [1.29, 1.82) is 0 Å². The van der Waals surface area contributed by atoms with Crippen LogP contribution in [0.25, 0.3) is 0 Å². The van der Waals surface area contributed by atoms with Crippen LogP contribution in [0.5, 0.6) is 0 Å². The number of hydrogen-bond donors (Lipinski definition) is 3. The zero-order valence-corrected chi connectivity index (χ0v) is 16.3. The van der Waals surface area contributed by atoms with Gasteiger partial charge in [0, 0.05) is 32.2 Å². The lowest BCUT2D eigenvalue weighted by Gasteiger charge is -2.18. The van der Waals surface area contributed by atoms with Gasteiger partial charge in [-0.2, -0.15) is 0 Å². The van der Waals surface area contributed by atoms with Gasteiger partial charge in [-0.25, -0.2) is 0 Å². The largest absolute Gasteiger partial charge is 0.366 e. The number of imide groups is 1. The third kappa shape index (κ3) is 3.50. The van der Waals surface area contributed by atoms with Crippen molar-refractivity contribution in [2.45, 2.75) is 13.0 Å². The second-order valence-corrected chi connectivity index (χ2v) is 7.75. The van der Waals surface area contributed by atoms with E-state index in [1.807, 2.05) is 6.07 Å². The van der Waals surface area contributed by atoms with Crippen LogP contribution >= 0.6 is 0 Å².